The molecule has 0 saturated heterocycles. The van der Waals surface area contributed by atoms with E-state index < -0.39 is 0 Å². The van der Waals surface area contributed by atoms with Crippen molar-refractivity contribution in [1.29, 1.82) is 0 Å². The Morgan fingerprint density at radius 3 is 3.36 bits per heavy atom. The van der Waals surface area contributed by atoms with Crippen LogP contribution >= 0.6 is 0 Å². The number of hydrogen-bond donors (Lipinski definition) is 0. The number of aldehydes is 1. The first kappa shape index (κ1) is 6.61. The Hall–Kier alpha value is -1.09. The molecule has 0 spiro atoms. The largest absolute Gasteiger partial charge is 0.373 e. The van der Waals surface area contributed by atoms with Crippen molar-refractivity contribution in [2.45, 2.75) is 13.2 Å². The zero-order valence-corrected chi connectivity index (χ0v) is 6.12. The minimum atomic E-state index is 0.571. The van der Waals surface area contributed by atoms with E-state index in [2.05, 4.69) is 4.57 Å². The normalized spacial score (nSPS) is 16.0. The van der Waals surface area contributed by atoms with Gasteiger partial charge in [-0.25, -0.2) is 0 Å². The fourth-order valence-electron chi connectivity index (χ4n) is 1.34. The van der Waals surface area contributed by atoms with Gasteiger partial charge >= 0.3 is 0 Å². The Labute approximate surface area is 64.6 Å². The van der Waals surface area contributed by atoms with Crippen molar-refractivity contribution in [3.05, 3.63) is 23.5 Å². The third-order valence-electron chi connectivity index (χ3n) is 1.96. The van der Waals surface area contributed by atoms with Crippen LogP contribution in [-0.2, 0) is 17.9 Å². The van der Waals surface area contributed by atoms with Crippen molar-refractivity contribution in [3.63, 3.8) is 0 Å². The van der Waals surface area contributed by atoms with E-state index in [9.17, 15) is 4.79 Å². The lowest BCUT2D eigenvalue weighted by Gasteiger charge is -2.15. The van der Waals surface area contributed by atoms with Crippen molar-refractivity contribution in [2.75, 3.05) is 6.61 Å². The summed E-state index contributed by atoms with van der Waals surface area (Å²) in [5.41, 5.74) is 1.76. The van der Waals surface area contributed by atoms with Crippen LogP contribution in [0.1, 0.15) is 16.1 Å². The maximum absolute atomic E-state index is 10.5. The molecule has 0 fully saturated rings. The predicted molar refractivity (Wildman–Crippen MR) is 39.5 cm³/mol. The second-order valence-electron chi connectivity index (χ2n) is 2.58. The van der Waals surface area contributed by atoms with Gasteiger partial charge in [-0.3, -0.25) is 4.79 Å². The maximum Gasteiger partial charge on any atom is 0.151 e. The van der Waals surface area contributed by atoms with Gasteiger partial charge in [0.05, 0.1) is 18.9 Å². The number of carbonyl (C=O) groups is 1. The van der Waals surface area contributed by atoms with Gasteiger partial charge in [0.15, 0.2) is 6.29 Å². The lowest BCUT2D eigenvalue weighted by molar-refractivity contribution is 0.0836. The first-order valence-corrected chi connectivity index (χ1v) is 3.63. The third kappa shape index (κ3) is 0.973. The van der Waals surface area contributed by atoms with Gasteiger partial charge < -0.3 is 9.30 Å². The van der Waals surface area contributed by atoms with Crippen LogP contribution in [0.5, 0.6) is 0 Å². The van der Waals surface area contributed by atoms with E-state index >= 15 is 0 Å². The highest BCUT2D eigenvalue weighted by molar-refractivity contribution is 5.76. The molecule has 0 aliphatic carbocycles. The molecular formula is C8H9NO2. The number of carbonyl (C=O) groups excluding carboxylic acids is 1. The van der Waals surface area contributed by atoms with E-state index in [-0.39, 0.29) is 0 Å². The Balaban J connectivity index is 2.45. The summed E-state index contributed by atoms with van der Waals surface area (Å²) in [6.07, 6.45) is 2.81. The average molecular weight is 151 g/mol. The van der Waals surface area contributed by atoms with E-state index in [0.717, 1.165) is 30.7 Å². The van der Waals surface area contributed by atoms with Gasteiger partial charge in [-0.1, -0.05) is 0 Å². The molecule has 0 N–H and O–H groups in total. The molecule has 1 aromatic rings. The molecule has 11 heavy (non-hydrogen) atoms. The quantitative estimate of drug-likeness (QED) is 0.557. The smallest absolute Gasteiger partial charge is 0.151 e. The van der Waals surface area contributed by atoms with E-state index in [0.29, 0.717) is 6.61 Å². The molecule has 1 aliphatic rings. The highest BCUT2D eigenvalue weighted by atomic mass is 16.5. The first-order chi connectivity index (χ1) is 5.42. The van der Waals surface area contributed by atoms with Crippen molar-refractivity contribution >= 4 is 6.29 Å². The molecule has 1 aromatic heterocycles. The van der Waals surface area contributed by atoms with Crippen molar-refractivity contribution in [2.24, 2.45) is 0 Å². The summed E-state index contributed by atoms with van der Waals surface area (Å²) in [4.78, 5) is 10.5. The molecule has 3 heteroatoms. The second kappa shape index (κ2) is 2.51. The topological polar surface area (TPSA) is 31.2 Å². The molecule has 0 bridgehead atoms. The van der Waals surface area contributed by atoms with E-state index in [1.165, 1.54) is 0 Å². The van der Waals surface area contributed by atoms with E-state index in [1.807, 2.05) is 12.3 Å². The van der Waals surface area contributed by atoms with Crippen LogP contribution in [0, 0.1) is 0 Å². The first-order valence-electron chi connectivity index (χ1n) is 3.63. The maximum atomic E-state index is 10.5. The number of hydrogen-bond acceptors (Lipinski definition) is 2. The van der Waals surface area contributed by atoms with Crippen molar-refractivity contribution in [3.8, 4) is 0 Å². The molecule has 0 atom stereocenters. The van der Waals surface area contributed by atoms with Gasteiger partial charge in [-0.05, 0) is 6.07 Å². The zero-order chi connectivity index (χ0) is 7.68. The summed E-state index contributed by atoms with van der Waals surface area (Å²) in [6.45, 7) is 2.18. The van der Waals surface area contributed by atoms with Crippen LogP contribution in [0.2, 0.25) is 0 Å². The molecule has 0 amide bonds. The van der Waals surface area contributed by atoms with Gasteiger partial charge in [-0.15, -0.1) is 0 Å². The molecule has 2 heterocycles. The summed E-state index contributed by atoms with van der Waals surface area (Å²) in [7, 11) is 0. The van der Waals surface area contributed by atoms with Gasteiger partial charge in [0.2, 0.25) is 0 Å². The third-order valence-corrected chi connectivity index (χ3v) is 1.96. The van der Waals surface area contributed by atoms with E-state index in [4.69, 9.17) is 4.74 Å². The Morgan fingerprint density at radius 2 is 2.55 bits per heavy atom. The van der Waals surface area contributed by atoms with Crippen LogP contribution in [-0.4, -0.2) is 17.5 Å². The number of aromatic nitrogens is 1. The summed E-state index contributed by atoms with van der Waals surface area (Å²) < 4.78 is 7.28. The number of ether oxygens (including phenoxy) is 1. The second-order valence-corrected chi connectivity index (χ2v) is 2.58. The summed E-state index contributed by atoms with van der Waals surface area (Å²) in [6, 6.07) is 1.83. The number of rotatable bonds is 1. The van der Waals surface area contributed by atoms with Gasteiger partial charge in [0.25, 0.3) is 0 Å². The summed E-state index contributed by atoms with van der Waals surface area (Å²) in [5, 5.41) is 0. The van der Waals surface area contributed by atoms with Gasteiger partial charge in [-0.2, -0.15) is 0 Å². The predicted octanol–water partition coefficient (Wildman–Crippen LogP) is 0.831. The molecule has 0 aromatic carbocycles. The monoisotopic (exact) mass is 151 g/mol. The highest BCUT2D eigenvalue weighted by Crippen LogP contribution is 2.13. The highest BCUT2D eigenvalue weighted by Gasteiger charge is 2.11. The summed E-state index contributed by atoms with van der Waals surface area (Å²) in [5.74, 6) is 0. The standard InChI is InChI=1S/C8H9NO2/c10-5-7-1-2-9-3-4-11-6-8(7)9/h1-2,5H,3-4,6H2. The fraction of sp³-hybridized carbons (Fsp3) is 0.375. The van der Waals surface area contributed by atoms with E-state index in [1.54, 1.807) is 0 Å². The molecule has 0 radical (unpaired) electrons. The Morgan fingerprint density at radius 1 is 1.64 bits per heavy atom. The van der Waals surface area contributed by atoms with Crippen LogP contribution in [0.25, 0.3) is 0 Å². The van der Waals surface area contributed by atoms with Crippen molar-refractivity contribution < 1.29 is 9.53 Å². The van der Waals surface area contributed by atoms with Crippen LogP contribution < -0.4 is 0 Å². The molecule has 0 unspecified atom stereocenters. The minimum Gasteiger partial charge on any atom is -0.373 e. The summed E-state index contributed by atoms with van der Waals surface area (Å²) >= 11 is 0. The Bertz CT molecular complexity index is 278. The molecule has 1 aliphatic heterocycles. The lowest BCUT2D eigenvalue weighted by atomic mass is 10.2. The van der Waals surface area contributed by atoms with Crippen molar-refractivity contribution in [1.82, 2.24) is 4.57 Å². The van der Waals surface area contributed by atoms with Gasteiger partial charge in [0, 0.05) is 18.3 Å². The molecule has 2 rings (SSSR count). The molecule has 58 valence electrons. The fourth-order valence-corrected chi connectivity index (χ4v) is 1.34. The molecule has 0 saturated carbocycles. The minimum absolute atomic E-state index is 0.571. The van der Waals surface area contributed by atoms with Crippen LogP contribution in [0.3, 0.4) is 0 Å². The number of fused-ring (bicyclic) bond motifs is 1. The Kier molecular flexibility index (Phi) is 1.51. The average Bonchev–Trinajstić information content (AvgIpc) is 2.47. The lowest BCUT2D eigenvalue weighted by Crippen LogP contribution is -2.16. The van der Waals surface area contributed by atoms with Gasteiger partial charge in [0.1, 0.15) is 0 Å². The SMILES string of the molecule is O=Cc1ccn2c1COCC2. The molecular weight excluding hydrogens is 142 g/mol. The van der Waals surface area contributed by atoms with Crippen LogP contribution in [0.4, 0.5) is 0 Å². The molecule has 3 nitrogen and oxygen atoms in total. The number of nitrogens with zero attached hydrogens (tertiary/aromatic N) is 1. The van der Waals surface area contributed by atoms with Crippen LogP contribution in [0.15, 0.2) is 12.3 Å². The zero-order valence-electron chi connectivity index (χ0n) is 6.12.